The van der Waals surface area contributed by atoms with Gasteiger partial charge in [0.2, 0.25) is 5.91 Å². The summed E-state index contributed by atoms with van der Waals surface area (Å²) in [6.45, 7) is 5.30. The third kappa shape index (κ3) is 4.80. The number of aliphatic hydroxyl groups is 1. The lowest BCUT2D eigenvalue weighted by Crippen LogP contribution is -2.48. The molecule has 0 radical (unpaired) electrons. The Hall–Kier alpha value is -1.14. The first-order valence-corrected chi connectivity index (χ1v) is 6.75. The number of esters is 1. The lowest BCUT2D eigenvalue weighted by atomic mass is 9.99. The highest BCUT2D eigenvalue weighted by Crippen LogP contribution is 2.11. The van der Waals surface area contributed by atoms with Crippen molar-refractivity contribution < 1.29 is 19.4 Å². The first kappa shape index (κ1) is 15.9. The maximum Gasteiger partial charge on any atom is 0.328 e. The van der Waals surface area contributed by atoms with Gasteiger partial charge >= 0.3 is 5.97 Å². The Morgan fingerprint density at radius 3 is 2.68 bits per heavy atom. The molecule has 0 aromatic carbocycles. The van der Waals surface area contributed by atoms with Crippen LogP contribution in [0.25, 0.3) is 0 Å². The van der Waals surface area contributed by atoms with Gasteiger partial charge in [-0.15, -0.1) is 0 Å². The summed E-state index contributed by atoms with van der Waals surface area (Å²) in [5.74, 6) is -0.588. The number of carbonyl (C=O) groups is 2. The van der Waals surface area contributed by atoms with Gasteiger partial charge < -0.3 is 15.2 Å². The van der Waals surface area contributed by atoms with E-state index in [1.807, 2.05) is 18.7 Å². The van der Waals surface area contributed by atoms with E-state index in [0.717, 1.165) is 6.42 Å². The van der Waals surface area contributed by atoms with Gasteiger partial charge in [-0.3, -0.25) is 9.69 Å². The Balaban J connectivity index is 2.49. The molecule has 6 nitrogen and oxygen atoms in total. The molecule has 0 aliphatic carbocycles. The van der Waals surface area contributed by atoms with Crippen LogP contribution in [0.3, 0.4) is 0 Å². The number of nitrogens with one attached hydrogen (secondary N) is 1. The van der Waals surface area contributed by atoms with Crippen LogP contribution in [0.2, 0.25) is 0 Å². The molecule has 1 fully saturated rings. The zero-order chi connectivity index (χ0) is 14.4. The highest BCUT2D eigenvalue weighted by atomic mass is 16.5. The minimum Gasteiger partial charge on any atom is -0.467 e. The maximum atomic E-state index is 11.9. The van der Waals surface area contributed by atoms with Crippen molar-refractivity contribution in [3.05, 3.63) is 0 Å². The van der Waals surface area contributed by atoms with Crippen molar-refractivity contribution in [3.8, 4) is 0 Å². The van der Waals surface area contributed by atoms with Crippen molar-refractivity contribution in [1.29, 1.82) is 0 Å². The summed E-state index contributed by atoms with van der Waals surface area (Å²) in [4.78, 5) is 25.4. The average Bonchev–Trinajstić information content (AvgIpc) is 2.79. The number of hydrogen-bond acceptors (Lipinski definition) is 5. The van der Waals surface area contributed by atoms with Crippen molar-refractivity contribution in [2.24, 2.45) is 5.92 Å². The number of carbonyl (C=O) groups excluding carboxylic acids is 2. The molecule has 3 atom stereocenters. The Bertz CT molecular complexity index is 322. The van der Waals surface area contributed by atoms with Gasteiger partial charge in [0.1, 0.15) is 6.04 Å². The van der Waals surface area contributed by atoms with E-state index in [1.54, 1.807) is 0 Å². The number of β-amino-alcohol motifs (C(OH)–C–C–N with tert-alkyl or cyclic N) is 1. The van der Waals surface area contributed by atoms with Crippen LogP contribution < -0.4 is 5.32 Å². The molecule has 1 aliphatic rings. The third-order valence-corrected chi connectivity index (χ3v) is 3.60. The third-order valence-electron chi connectivity index (χ3n) is 3.60. The summed E-state index contributed by atoms with van der Waals surface area (Å²) < 4.78 is 4.72. The standard InChI is InChI=1S/C13H24N2O4/c1-4-9(2)12(13(18)19-3)14-11(17)8-15-6-5-10(16)7-15/h9-10,12,16H,4-8H2,1-3H3,(H,14,17)/t9?,10-,12?/m1/s1. The van der Waals surface area contributed by atoms with Crippen LogP contribution in [-0.4, -0.2) is 60.8 Å². The van der Waals surface area contributed by atoms with E-state index in [0.29, 0.717) is 19.5 Å². The molecule has 2 N–H and O–H groups in total. The Kier molecular flexibility index (Phi) is 6.24. The van der Waals surface area contributed by atoms with Gasteiger partial charge in [0, 0.05) is 13.1 Å². The van der Waals surface area contributed by atoms with Crippen molar-refractivity contribution in [2.45, 2.75) is 38.8 Å². The van der Waals surface area contributed by atoms with Gasteiger partial charge in [0.15, 0.2) is 0 Å². The number of ether oxygens (including phenoxy) is 1. The van der Waals surface area contributed by atoms with Gasteiger partial charge in [0.25, 0.3) is 0 Å². The molecule has 1 aliphatic heterocycles. The molecule has 1 rings (SSSR count). The SMILES string of the molecule is CCC(C)C(NC(=O)CN1CC[C@@H](O)C1)C(=O)OC. The van der Waals surface area contributed by atoms with Gasteiger partial charge in [-0.2, -0.15) is 0 Å². The van der Waals surface area contributed by atoms with Crippen LogP contribution in [0, 0.1) is 5.92 Å². The molecule has 0 bridgehead atoms. The van der Waals surface area contributed by atoms with Crippen LogP contribution in [0.4, 0.5) is 0 Å². The monoisotopic (exact) mass is 272 g/mol. The number of rotatable bonds is 6. The fraction of sp³-hybridized carbons (Fsp3) is 0.846. The maximum absolute atomic E-state index is 11.9. The molecule has 0 saturated carbocycles. The van der Waals surface area contributed by atoms with Gasteiger partial charge in [0.05, 0.1) is 19.8 Å². The lowest BCUT2D eigenvalue weighted by molar-refractivity contribution is -0.146. The molecule has 1 saturated heterocycles. The Morgan fingerprint density at radius 1 is 1.53 bits per heavy atom. The molecule has 2 unspecified atom stereocenters. The molecule has 1 heterocycles. The highest BCUT2D eigenvalue weighted by molar-refractivity contribution is 5.85. The Labute approximate surface area is 114 Å². The minimum absolute atomic E-state index is 0.0283. The molecule has 0 aromatic heterocycles. The van der Waals surface area contributed by atoms with Crippen molar-refractivity contribution in [1.82, 2.24) is 10.2 Å². The summed E-state index contributed by atoms with van der Waals surface area (Å²) in [5.41, 5.74) is 0. The second-order valence-electron chi connectivity index (χ2n) is 5.13. The summed E-state index contributed by atoms with van der Waals surface area (Å²) in [7, 11) is 1.32. The van der Waals surface area contributed by atoms with E-state index in [1.165, 1.54) is 7.11 Å². The molecule has 6 heteroatoms. The number of hydrogen-bond donors (Lipinski definition) is 2. The Morgan fingerprint density at radius 2 is 2.21 bits per heavy atom. The van der Waals surface area contributed by atoms with E-state index in [-0.39, 0.29) is 24.5 Å². The van der Waals surface area contributed by atoms with E-state index < -0.39 is 12.0 Å². The molecule has 110 valence electrons. The predicted molar refractivity (Wildman–Crippen MR) is 70.5 cm³/mol. The summed E-state index contributed by atoms with van der Waals surface area (Å²) >= 11 is 0. The predicted octanol–water partition coefficient (Wildman–Crippen LogP) is -0.243. The van der Waals surface area contributed by atoms with Crippen LogP contribution >= 0.6 is 0 Å². The fourth-order valence-corrected chi connectivity index (χ4v) is 2.17. The molecular formula is C13H24N2O4. The fourth-order valence-electron chi connectivity index (χ4n) is 2.17. The summed E-state index contributed by atoms with van der Waals surface area (Å²) in [6, 6.07) is -0.602. The smallest absolute Gasteiger partial charge is 0.328 e. The van der Waals surface area contributed by atoms with Crippen molar-refractivity contribution in [3.63, 3.8) is 0 Å². The average molecular weight is 272 g/mol. The zero-order valence-corrected chi connectivity index (χ0v) is 11.9. The van der Waals surface area contributed by atoms with Gasteiger partial charge in [-0.1, -0.05) is 20.3 Å². The molecular weight excluding hydrogens is 248 g/mol. The largest absolute Gasteiger partial charge is 0.467 e. The van der Waals surface area contributed by atoms with Gasteiger partial charge in [-0.05, 0) is 12.3 Å². The number of amides is 1. The molecule has 0 aromatic rings. The molecule has 19 heavy (non-hydrogen) atoms. The second kappa shape index (κ2) is 7.45. The van der Waals surface area contributed by atoms with E-state index >= 15 is 0 Å². The minimum atomic E-state index is -0.602. The molecule has 1 amide bonds. The van der Waals surface area contributed by atoms with Crippen molar-refractivity contribution >= 4 is 11.9 Å². The first-order chi connectivity index (χ1) is 8.97. The van der Waals surface area contributed by atoms with E-state index in [9.17, 15) is 14.7 Å². The van der Waals surface area contributed by atoms with Crippen molar-refractivity contribution in [2.75, 3.05) is 26.7 Å². The van der Waals surface area contributed by atoms with Crippen LogP contribution in [0.5, 0.6) is 0 Å². The summed E-state index contributed by atoms with van der Waals surface area (Å²) in [5, 5.41) is 12.1. The highest BCUT2D eigenvalue weighted by Gasteiger charge is 2.28. The van der Waals surface area contributed by atoms with Crippen LogP contribution in [-0.2, 0) is 14.3 Å². The van der Waals surface area contributed by atoms with Gasteiger partial charge in [-0.25, -0.2) is 4.79 Å². The van der Waals surface area contributed by atoms with E-state index in [2.05, 4.69) is 5.32 Å². The number of nitrogens with zero attached hydrogens (tertiary/aromatic N) is 1. The first-order valence-electron chi connectivity index (χ1n) is 6.75. The second-order valence-corrected chi connectivity index (χ2v) is 5.13. The van der Waals surface area contributed by atoms with Crippen LogP contribution in [0.15, 0.2) is 0 Å². The summed E-state index contributed by atoms with van der Waals surface area (Å²) in [6.07, 6.45) is 1.13. The number of aliphatic hydroxyl groups excluding tert-OH is 1. The topological polar surface area (TPSA) is 78.9 Å². The normalized spacial score (nSPS) is 22.8. The lowest BCUT2D eigenvalue weighted by Gasteiger charge is -2.23. The number of methoxy groups -OCH3 is 1. The quantitative estimate of drug-likeness (QED) is 0.652. The number of likely N-dealkylation sites (tertiary alicyclic amines) is 1. The van der Waals surface area contributed by atoms with E-state index in [4.69, 9.17) is 4.74 Å². The molecule has 0 spiro atoms. The zero-order valence-electron chi connectivity index (χ0n) is 11.9. The van der Waals surface area contributed by atoms with Crippen LogP contribution in [0.1, 0.15) is 26.7 Å².